The lowest BCUT2D eigenvalue weighted by molar-refractivity contribution is -0.247. The molecule has 0 radical (unpaired) electrons. The summed E-state index contributed by atoms with van der Waals surface area (Å²) in [6.07, 6.45) is -1.44. The first-order chi connectivity index (χ1) is 8.50. The lowest BCUT2D eigenvalue weighted by atomic mass is 9.84. The third kappa shape index (κ3) is 3.38. The number of hydrogen-bond donors (Lipinski definition) is 0. The van der Waals surface area contributed by atoms with Crippen LogP contribution in [0.2, 0.25) is 0 Å². The van der Waals surface area contributed by atoms with Gasteiger partial charge in [0.2, 0.25) is 0 Å². The van der Waals surface area contributed by atoms with Crippen molar-refractivity contribution in [3.63, 3.8) is 0 Å². The van der Waals surface area contributed by atoms with Crippen LogP contribution in [-0.4, -0.2) is 25.7 Å². The van der Waals surface area contributed by atoms with Crippen molar-refractivity contribution in [3.8, 4) is 0 Å². The summed E-state index contributed by atoms with van der Waals surface area (Å²) in [6, 6.07) is 0. The van der Waals surface area contributed by atoms with E-state index in [1.54, 1.807) is 6.92 Å². The number of fused-ring (bicyclic) bond motifs is 2. The minimum absolute atomic E-state index is 0.109. The van der Waals surface area contributed by atoms with E-state index < -0.39 is 12.3 Å². The summed E-state index contributed by atoms with van der Waals surface area (Å²) < 4.78 is 48.3. The third-order valence-electron chi connectivity index (χ3n) is 4.32. The minimum atomic E-state index is -4.28. The topological polar surface area (TPSA) is 18.5 Å². The van der Waals surface area contributed by atoms with E-state index in [1.807, 2.05) is 0 Å². The number of hydrogen-bond acceptors (Lipinski definition) is 2. The Hall–Kier alpha value is -0.290. The van der Waals surface area contributed by atoms with Crippen molar-refractivity contribution in [1.82, 2.24) is 0 Å². The van der Waals surface area contributed by atoms with Gasteiger partial charge < -0.3 is 9.47 Å². The molecule has 2 fully saturated rings. The quantitative estimate of drug-likeness (QED) is 0.538. The molecule has 5 heteroatoms. The fourth-order valence-electron chi connectivity index (χ4n) is 3.45. The number of ether oxygens (including phenoxy) is 2. The first-order valence-corrected chi connectivity index (χ1v) is 6.76. The van der Waals surface area contributed by atoms with Gasteiger partial charge in [0, 0.05) is 6.61 Å². The van der Waals surface area contributed by atoms with Crippen molar-refractivity contribution >= 4 is 0 Å². The van der Waals surface area contributed by atoms with E-state index >= 15 is 0 Å². The van der Waals surface area contributed by atoms with Crippen LogP contribution in [0.25, 0.3) is 0 Å². The highest BCUT2D eigenvalue weighted by Crippen LogP contribution is 2.50. The van der Waals surface area contributed by atoms with Gasteiger partial charge in [0.15, 0.2) is 6.10 Å². The van der Waals surface area contributed by atoms with E-state index in [-0.39, 0.29) is 19.1 Å². The van der Waals surface area contributed by atoms with Crippen LogP contribution in [0.15, 0.2) is 0 Å². The predicted molar refractivity (Wildman–Crippen MR) is 61.0 cm³/mol. The summed E-state index contributed by atoms with van der Waals surface area (Å²) in [6.45, 7) is 1.85. The third-order valence-corrected chi connectivity index (χ3v) is 4.32. The second kappa shape index (κ2) is 5.78. The SMILES string of the molecule is CCOCOC(CC1CC2CCC1C2)C(F)(F)F. The molecule has 18 heavy (non-hydrogen) atoms. The molecule has 0 aromatic heterocycles. The van der Waals surface area contributed by atoms with Gasteiger partial charge in [-0.2, -0.15) is 13.2 Å². The van der Waals surface area contributed by atoms with Crippen LogP contribution < -0.4 is 0 Å². The highest BCUT2D eigenvalue weighted by atomic mass is 19.4. The van der Waals surface area contributed by atoms with Crippen molar-refractivity contribution < 1.29 is 22.6 Å². The molecule has 0 amide bonds. The number of halogens is 3. The Morgan fingerprint density at radius 1 is 1.22 bits per heavy atom. The van der Waals surface area contributed by atoms with Gasteiger partial charge in [-0.3, -0.25) is 0 Å². The van der Waals surface area contributed by atoms with Gasteiger partial charge in [0.25, 0.3) is 0 Å². The molecule has 0 spiro atoms. The second-order valence-corrected chi connectivity index (χ2v) is 5.48. The molecule has 106 valence electrons. The molecule has 2 rings (SSSR count). The molecule has 0 aliphatic heterocycles. The fraction of sp³-hybridized carbons (Fsp3) is 1.00. The average Bonchev–Trinajstić information content (AvgIpc) is 2.88. The maximum absolute atomic E-state index is 12.9. The molecular weight excluding hydrogens is 245 g/mol. The van der Waals surface area contributed by atoms with Crippen LogP contribution in [0.4, 0.5) is 13.2 Å². The summed E-state index contributed by atoms with van der Waals surface area (Å²) >= 11 is 0. The van der Waals surface area contributed by atoms with Gasteiger partial charge in [0.05, 0.1) is 0 Å². The first-order valence-electron chi connectivity index (χ1n) is 6.76. The van der Waals surface area contributed by atoms with E-state index in [1.165, 1.54) is 6.42 Å². The number of rotatable bonds is 6. The monoisotopic (exact) mass is 266 g/mol. The molecule has 4 unspecified atom stereocenters. The fourth-order valence-corrected chi connectivity index (χ4v) is 3.45. The highest BCUT2D eigenvalue weighted by molar-refractivity contribution is 4.91. The Kier molecular flexibility index (Phi) is 4.54. The number of alkyl halides is 3. The zero-order chi connectivity index (χ0) is 13.2. The molecule has 2 bridgehead atoms. The summed E-state index contributed by atoms with van der Waals surface area (Å²) in [5.74, 6) is 1.35. The average molecular weight is 266 g/mol. The van der Waals surface area contributed by atoms with Crippen molar-refractivity contribution in [3.05, 3.63) is 0 Å². The Labute approximate surface area is 106 Å². The summed E-state index contributed by atoms with van der Waals surface area (Å²) in [5, 5.41) is 0. The summed E-state index contributed by atoms with van der Waals surface area (Å²) in [7, 11) is 0. The van der Waals surface area contributed by atoms with Crippen molar-refractivity contribution in [2.45, 2.75) is 51.3 Å². The van der Waals surface area contributed by atoms with E-state index in [9.17, 15) is 13.2 Å². The normalized spacial score (nSPS) is 33.0. The molecule has 0 heterocycles. The van der Waals surface area contributed by atoms with Gasteiger partial charge in [-0.15, -0.1) is 0 Å². The standard InChI is InChI=1S/C13H21F3O2/c1-2-17-8-18-12(13(14,15)16)7-11-6-9-3-4-10(11)5-9/h9-12H,2-8H2,1H3. The van der Waals surface area contributed by atoms with Crippen molar-refractivity contribution in [2.24, 2.45) is 17.8 Å². The van der Waals surface area contributed by atoms with E-state index in [4.69, 9.17) is 9.47 Å². The lowest BCUT2D eigenvalue weighted by Crippen LogP contribution is -2.35. The molecule has 2 nitrogen and oxygen atoms in total. The van der Waals surface area contributed by atoms with Gasteiger partial charge in [-0.1, -0.05) is 6.42 Å². The predicted octanol–water partition coefficient (Wildman–Crippen LogP) is 3.75. The largest absolute Gasteiger partial charge is 0.414 e. The Morgan fingerprint density at radius 2 is 2.00 bits per heavy atom. The maximum Gasteiger partial charge on any atom is 0.414 e. The van der Waals surface area contributed by atoms with E-state index in [0.717, 1.165) is 19.3 Å². The van der Waals surface area contributed by atoms with Crippen LogP contribution >= 0.6 is 0 Å². The van der Waals surface area contributed by atoms with Crippen molar-refractivity contribution in [2.75, 3.05) is 13.4 Å². The summed E-state index contributed by atoms with van der Waals surface area (Å²) in [4.78, 5) is 0. The lowest BCUT2D eigenvalue weighted by Gasteiger charge is -2.28. The molecule has 0 aromatic rings. The molecule has 0 aromatic carbocycles. The molecule has 2 aliphatic carbocycles. The van der Waals surface area contributed by atoms with Crippen LogP contribution in [0.1, 0.15) is 39.0 Å². The first kappa shape index (κ1) is 14.1. The van der Waals surface area contributed by atoms with E-state index in [0.29, 0.717) is 18.4 Å². The van der Waals surface area contributed by atoms with Gasteiger partial charge in [0.1, 0.15) is 6.79 Å². The molecule has 2 saturated carbocycles. The highest BCUT2D eigenvalue weighted by Gasteiger charge is 2.46. The van der Waals surface area contributed by atoms with Gasteiger partial charge in [-0.25, -0.2) is 0 Å². The van der Waals surface area contributed by atoms with Crippen LogP contribution in [0.5, 0.6) is 0 Å². The molecule has 0 N–H and O–H groups in total. The Morgan fingerprint density at radius 3 is 2.50 bits per heavy atom. The smallest absolute Gasteiger partial charge is 0.356 e. The molecule has 4 atom stereocenters. The van der Waals surface area contributed by atoms with Gasteiger partial charge >= 0.3 is 6.18 Å². The molecular formula is C13H21F3O2. The zero-order valence-electron chi connectivity index (χ0n) is 10.7. The molecule has 2 aliphatic rings. The Bertz CT molecular complexity index is 267. The van der Waals surface area contributed by atoms with Crippen molar-refractivity contribution in [1.29, 1.82) is 0 Å². The van der Waals surface area contributed by atoms with Crippen LogP contribution in [0.3, 0.4) is 0 Å². The maximum atomic E-state index is 12.9. The van der Waals surface area contributed by atoms with Crippen LogP contribution in [0, 0.1) is 17.8 Å². The van der Waals surface area contributed by atoms with E-state index in [2.05, 4.69) is 0 Å². The van der Waals surface area contributed by atoms with Crippen LogP contribution in [-0.2, 0) is 9.47 Å². The Balaban J connectivity index is 1.85. The zero-order valence-corrected chi connectivity index (χ0v) is 10.7. The second-order valence-electron chi connectivity index (χ2n) is 5.48. The molecule has 0 saturated heterocycles. The van der Waals surface area contributed by atoms with Gasteiger partial charge in [-0.05, 0) is 50.4 Å². The minimum Gasteiger partial charge on any atom is -0.356 e. The summed E-state index contributed by atoms with van der Waals surface area (Å²) in [5.41, 5.74) is 0.